The highest BCUT2D eigenvalue weighted by molar-refractivity contribution is 7.92. The lowest BCUT2D eigenvalue weighted by Crippen LogP contribution is -2.26. The Morgan fingerprint density at radius 1 is 1.31 bits per heavy atom. The summed E-state index contributed by atoms with van der Waals surface area (Å²) in [5.74, 6) is -3.74. The number of halogens is 4. The van der Waals surface area contributed by atoms with Gasteiger partial charge >= 0.3 is 0 Å². The number of hydrogen-bond donors (Lipinski definition) is 1. The Balaban J connectivity index is 1.91. The fraction of sp³-hybridized carbons (Fsp3) is 0.389. The number of hydrogen-bond acceptors (Lipinski definition) is 5. The smallest absolute Gasteiger partial charge is 0.268 e. The summed E-state index contributed by atoms with van der Waals surface area (Å²) in [7, 11) is -0.841. The lowest BCUT2D eigenvalue weighted by molar-refractivity contribution is 0.340. The van der Waals surface area contributed by atoms with Gasteiger partial charge in [0.15, 0.2) is 10.7 Å². The van der Waals surface area contributed by atoms with E-state index >= 15 is 0 Å². The van der Waals surface area contributed by atoms with Gasteiger partial charge < -0.3 is 9.80 Å². The molecule has 0 saturated carbocycles. The van der Waals surface area contributed by atoms with Gasteiger partial charge in [-0.2, -0.15) is 4.39 Å². The quantitative estimate of drug-likeness (QED) is 0.542. The molecular formula is C18H20ClF3N4O2S. The predicted molar refractivity (Wildman–Crippen MR) is 105 cm³/mol. The minimum atomic E-state index is -4.72. The lowest BCUT2D eigenvalue weighted by atomic mass is 10.1. The number of nitrogens with one attached hydrogen (secondary N) is 1. The zero-order valence-electron chi connectivity index (χ0n) is 15.8. The molecule has 2 aromatic rings. The predicted octanol–water partition coefficient (Wildman–Crippen LogP) is 3.34. The second-order valence-electron chi connectivity index (χ2n) is 7.15. The molecule has 1 aliphatic heterocycles. The van der Waals surface area contributed by atoms with E-state index in [-0.39, 0.29) is 5.69 Å². The van der Waals surface area contributed by atoms with Crippen LogP contribution in [0.4, 0.5) is 24.7 Å². The number of rotatable bonds is 6. The van der Waals surface area contributed by atoms with Gasteiger partial charge in [-0.05, 0) is 38.6 Å². The van der Waals surface area contributed by atoms with Crippen molar-refractivity contribution in [1.82, 2.24) is 9.88 Å². The third-order valence-corrected chi connectivity index (χ3v) is 6.32. The van der Waals surface area contributed by atoms with E-state index in [4.69, 9.17) is 11.6 Å². The molecule has 0 bridgehead atoms. The molecule has 6 nitrogen and oxygen atoms in total. The molecule has 0 amide bonds. The van der Waals surface area contributed by atoms with E-state index in [2.05, 4.69) is 4.98 Å². The number of anilines is 2. The van der Waals surface area contributed by atoms with Crippen molar-refractivity contribution in [1.29, 1.82) is 0 Å². The number of sulfonamides is 1. The van der Waals surface area contributed by atoms with Crippen LogP contribution < -0.4 is 9.62 Å². The zero-order chi connectivity index (χ0) is 21.3. The third kappa shape index (κ3) is 4.76. The van der Waals surface area contributed by atoms with Crippen molar-refractivity contribution in [3.8, 4) is 0 Å². The van der Waals surface area contributed by atoms with Crippen molar-refractivity contribution in [2.45, 2.75) is 11.3 Å². The molecule has 11 heteroatoms. The molecule has 3 rings (SSSR count). The fourth-order valence-electron chi connectivity index (χ4n) is 3.41. The van der Waals surface area contributed by atoms with Crippen molar-refractivity contribution in [3.63, 3.8) is 0 Å². The highest BCUT2D eigenvalue weighted by atomic mass is 35.5. The molecule has 1 aliphatic rings. The highest BCUT2D eigenvalue weighted by Crippen LogP contribution is 2.37. The number of pyridine rings is 1. The molecule has 1 fully saturated rings. The first-order valence-corrected chi connectivity index (χ1v) is 10.7. The Morgan fingerprint density at radius 3 is 2.69 bits per heavy atom. The molecule has 0 unspecified atom stereocenters. The van der Waals surface area contributed by atoms with Gasteiger partial charge in [0.05, 0.1) is 5.69 Å². The molecule has 1 atom stereocenters. The Hall–Kier alpha value is -2.04. The lowest BCUT2D eigenvalue weighted by Gasteiger charge is -2.22. The molecule has 2 heterocycles. The largest absolute Gasteiger partial charge is 0.370 e. The van der Waals surface area contributed by atoms with Crippen LogP contribution in [-0.4, -0.2) is 52.0 Å². The summed E-state index contributed by atoms with van der Waals surface area (Å²) >= 11 is 6.08. The molecule has 0 radical (unpaired) electrons. The SMILES string of the molecule is CN(C)C[C@@H]1CCN(c2cc(F)c(S(=O)(=O)Nc3cccc(F)n3)c(F)c2Cl)C1. The summed E-state index contributed by atoms with van der Waals surface area (Å²) in [4.78, 5) is 5.86. The Morgan fingerprint density at radius 2 is 2.03 bits per heavy atom. The van der Waals surface area contributed by atoms with Crippen molar-refractivity contribution in [3.05, 3.63) is 46.9 Å². The summed E-state index contributed by atoms with van der Waals surface area (Å²) in [5, 5.41) is -0.482. The van der Waals surface area contributed by atoms with Gasteiger partial charge in [-0.15, -0.1) is 0 Å². The van der Waals surface area contributed by atoms with E-state index in [9.17, 15) is 21.6 Å². The normalized spacial score (nSPS) is 17.2. The minimum Gasteiger partial charge on any atom is -0.370 e. The van der Waals surface area contributed by atoms with Crippen LogP contribution in [-0.2, 0) is 10.0 Å². The Kier molecular flexibility index (Phi) is 6.25. The van der Waals surface area contributed by atoms with Gasteiger partial charge in [0.2, 0.25) is 5.95 Å². The first-order valence-electron chi connectivity index (χ1n) is 8.81. The monoisotopic (exact) mass is 448 g/mol. The highest BCUT2D eigenvalue weighted by Gasteiger charge is 2.32. The molecular weight excluding hydrogens is 429 g/mol. The van der Waals surface area contributed by atoms with Crippen LogP contribution in [0.5, 0.6) is 0 Å². The van der Waals surface area contributed by atoms with Crippen molar-refractivity contribution < 1.29 is 21.6 Å². The van der Waals surface area contributed by atoms with Gasteiger partial charge in [-0.3, -0.25) is 4.72 Å². The van der Waals surface area contributed by atoms with E-state index < -0.39 is 43.3 Å². The van der Waals surface area contributed by atoms with Crippen LogP contribution >= 0.6 is 11.6 Å². The van der Waals surface area contributed by atoms with Crippen molar-refractivity contribution >= 4 is 33.1 Å². The summed E-state index contributed by atoms with van der Waals surface area (Å²) in [5.41, 5.74) is 0.103. The van der Waals surface area contributed by atoms with Crippen molar-refractivity contribution in [2.75, 3.05) is 43.4 Å². The van der Waals surface area contributed by atoms with E-state index in [0.29, 0.717) is 19.0 Å². The molecule has 1 N–H and O–H groups in total. The molecule has 0 spiro atoms. The first kappa shape index (κ1) is 21.7. The zero-order valence-corrected chi connectivity index (χ0v) is 17.4. The van der Waals surface area contributed by atoms with E-state index in [0.717, 1.165) is 31.2 Å². The van der Waals surface area contributed by atoms with E-state index in [1.54, 1.807) is 4.90 Å². The third-order valence-electron chi connectivity index (χ3n) is 4.57. The summed E-state index contributed by atoms with van der Waals surface area (Å²) < 4.78 is 69.5. The number of nitrogens with zero attached hydrogens (tertiary/aromatic N) is 3. The number of aromatic nitrogens is 1. The average Bonchev–Trinajstić information content (AvgIpc) is 3.05. The van der Waals surface area contributed by atoms with Crippen LogP contribution in [0.1, 0.15) is 6.42 Å². The van der Waals surface area contributed by atoms with Gasteiger partial charge in [-0.1, -0.05) is 17.7 Å². The summed E-state index contributed by atoms with van der Waals surface area (Å²) in [6, 6.07) is 4.28. The Labute approximate surface area is 172 Å². The van der Waals surface area contributed by atoms with E-state index in [1.165, 1.54) is 6.07 Å². The molecule has 1 aromatic carbocycles. The summed E-state index contributed by atoms with van der Waals surface area (Å²) in [6.45, 7) is 1.92. The van der Waals surface area contributed by atoms with Gasteiger partial charge in [0, 0.05) is 25.7 Å². The van der Waals surface area contributed by atoms with Gasteiger partial charge in [-0.25, -0.2) is 22.2 Å². The second-order valence-corrected chi connectivity index (χ2v) is 9.15. The first-order chi connectivity index (χ1) is 13.6. The minimum absolute atomic E-state index is 0.103. The molecule has 1 aromatic heterocycles. The maximum absolute atomic E-state index is 14.8. The van der Waals surface area contributed by atoms with Crippen LogP contribution in [0.15, 0.2) is 29.2 Å². The summed E-state index contributed by atoms with van der Waals surface area (Å²) in [6.07, 6.45) is 0.824. The van der Waals surface area contributed by atoms with Crippen LogP contribution in [0.3, 0.4) is 0 Å². The molecule has 29 heavy (non-hydrogen) atoms. The van der Waals surface area contributed by atoms with Crippen molar-refractivity contribution in [2.24, 2.45) is 5.92 Å². The van der Waals surface area contributed by atoms with Crippen LogP contribution in [0, 0.1) is 23.5 Å². The van der Waals surface area contributed by atoms with E-state index in [1.807, 2.05) is 23.7 Å². The molecule has 1 saturated heterocycles. The second kappa shape index (κ2) is 8.37. The van der Waals surface area contributed by atoms with Crippen LogP contribution in [0.25, 0.3) is 0 Å². The Bertz CT molecular complexity index is 1020. The van der Waals surface area contributed by atoms with Gasteiger partial charge in [0.1, 0.15) is 16.7 Å². The maximum Gasteiger partial charge on any atom is 0.268 e. The van der Waals surface area contributed by atoms with Crippen LogP contribution in [0.2, 0.25) is 5.02 Å². The fourth-order valence-corrected chi connectivity index (χ4v) is 4.88. The standard InChI is InChI=1S/C18H20ClF3N4O2S/c1-25(2)9-11-6-7-26(10-11)13-8-12(20)18(17(22)16(13)19)29(27,28)24-15-5-3-4-14(21)23-15/h3-5,8,11H,6-7,9-10H2,1-2H3,(H,23,24)/t11-/m0/s1. The van der Waals surface area contributed by atoms with Gasteiger partial charge in [0.25, 0.3) is 10.0 Å². The number of benzene rings is 1. The maximum atomic E-state index is 14.8. The molecule has 0 aliphatic carbocycles. The topological polar surface area (TPSA) is 65.5 Å². The molecule has 158 valence electrons. The average molecular weight is 449 g/mol.